The number of hydrogen-bond donors (Lipinski definition) is 0. The monoisotopic (exact) mass is 722 g/mol. The van der Waals surface area contributed by atoms with Crippen LogP contribution in [0.5, 0.6) is 11.5 Å². The number of carbonyl (C=O) groups is 1. The van der Waals surface area contributed by atoms with Crippen molar-refractivity contribution in [2.75, 3.05) is 20.6 Å². The van der Waals surface area contributed by atoms with E-state index in [2.05, 4.69) is 98.7 Å². The van der Waals surface area contributed by atoms with Gasteiger partial charge in [0.2, 0.25) is 0 Å². The number of esters is 1. The lowest BCUT2D eigenvalue weighted by molar-refractivity contribution is -0.134. The number of fused-ring (bicyclic) bond motifs is 1. The summed E-state index contributed by atoms with van der Waals surface area (Å²) in [6.45, 7) is 19.4. The number of benzene rings is 1. The highest BCUT2D eigenvalue weighted by atomic mass is 16.5. The van der Waals surface area contributed by atoms with Crippen LogP contribution in [0.1, 0.15) is 192 Å². The number of nitrogens with zero attached hydrogens (tertiary/aromatic N) is 1. The first-order valence-electron chi connectivity index (χ1n) is 21.8. The molecule has 3 atom stereocenters. The number of allylic oxidation sites excluding steroid dienone is 4. The van der Waals surface area contributed by atoms with Crippen molar-refractivity contribution in [1.82, 2.24) is 4.90 Å². The number of rotatable bonds is 28. The summed E-state index contributed by atoms with van der Waals surface area (Å²) in [6, 6.07) is 0. The van der Waals surface area contributed by atoms with Crippen LogP contribution in [-0.2, 0) is 11.2 Å². The average Bonchev–Trinajstić information content (AvgIpc) is 3.08. The maximum Gasteiger partial charge on any atom is 0.311 e. The summed E-state index contributed by atoms with van der Waals surface area (Å²) in [5.74, 6) is 4.18. The highest BCUT2D eigenvalue weighted by Crippen LogP contribution is 2.45. The molecule has 1 heterocycles. The van der Waals surface area contributed by atoms with E-state index in [0.29, 0.717) is 6.42 Å². The van der Waals surface area contributed by atoms with Gasteiger partial charge in [-0.2, -0.15) is 0 Å². The maximum absolute atomic E-state index is 12.9. The molecule has 2 rings (SSSR count). The molecule has 0 amide bonds. The first kappa shape index (κ1) is 46.1. The predicted octanol–water partition coefficient (Wildman–Crippen LogP) is 14.0. The van der Waals surface area contributed by atoms with Crippen molar-refractivity contribution in [3.05, 3.63) is 46.6 Å². The Morgan fingerprint density at radius 2 is 1.31 bits per heavy atom. The second kappa shape index (κ2) is 25.9. The Balaban J connectivity index is 1.67. The molecular weight excluding hydrogens is 639 g/mol. The summed E-state index contributed by atoms with van der Waals surface area (Å²) in [5, 5.41) is 0. The van der Waals surface area contributed by atoms with Crippen LogP contribution in [0.2, 0.25) is 0 Å². The quantitative estimate of drug-likeness (QED) is 0.0374. The van der Waals surface area contributed by atoms with E-state index >= 15 is 0 Å². The Kier molecular flexibility index (Phi) is 22.9. The van der Waals surface area contributed by atoms with Crippen LogP contribution in [-0.4, -0.2) is 37.1 Å². The van der Waals surface area contributed by atoms with Crippen molar-refractivity contribution in [1.29, 1.82) is 0 Å². The summed E-state index contributed by atoms with van der Waals surface area (Å²) in [4.78, 5) is 15.2. The van der Waals surface area contributed by atoms with E-state index in [1.54, 1.807) is 0 Å². The minimum atomic E-state index is -0.127. The van der Waals surface area contributed by atoms with E-state index in [4.69, 9.17) is 9.47 Å². The fourth-order valence-electron chi connectivity index (χ4n) is 7.84. The van der Waals surface area contributed by atoms with Crippen molar-refractivity contribution in [2.24, 2.45) is 17.8 Å². The Hall–Kier alpha value is -2.07. The van der Waals surface area contributed by atoms with Crippen LogP contribution < -0.4 is 9.47 Å². The summed E-state index contributed by atoms with van der Waals surface area (Å²) >= 11 is 0. The molecule has 0 N–H and O–H groups in total. The molecule has 0 saturated heterocycles. The van der Waals surface area contributed by atoms with E-state index in [1.165, 1.54) is 95.6 Å². The molecule has 1 aromatic rings. The normalized spacial score (nSPS) is 17.3. The zero-order valence-electron chi connectivity index (χ0n) is 36.0. The van der Waals surface area contributed by atoms with Gasteiger partial charge in [-0.15, -0.1) is 0 Å². The van der Waals surface area contributed by atoms with Gasteiger partial charge in [0.25, 0.3) is 0 Å². The topological polar surface area (TPSA) is 38.8 Å². The number of unbranched alkanes of at least 4 members (excludes halogenated alkanes) is 7. The Bertz CT molecular complexity index is 1200. The Morgan fingerprint density at radius 3 is 1.92 bits per heavy atom. The molecule has 0 aromatic heterocycles. The molecule has 52 heavy (non-hydrogen) atoms. The van der Waals surface area contributed by atoms with Gasteiger partial charge in [0.05, 0.1) is 0 Å². The van der Waals surface area contributed by atoms with Gasteiger partial charge in [-0.25, -0.2) is 0 Å². The lowest BCUT2D eigenvalue weighted by Crippen LogP contribution is -2.37. The molecule has 4 nitrogen and oxygen atoms in total. The van der Waals surface area contributed by atoms with E-state index in [1.807, 2.05) is 0 Å². The van der Waals surface area contributed by atoms with Gasteiger partial charge in [0, 0.05) is 12.0 Å². The van der Waals surface area contributed by atoms with Crippen LogP contribution in [0.25, 0.3) is 0 Å². The standard InChI is InChI=1S/C48H83NO3/c1-38(2)28-25-29-39(3)30-26-31-40(4)32-27-35-48(8)36-34-44-43(7)46(41(5)42(6)47(44)52-48)51-45(50)33-23-21-19-17-15-13-11-12-14-16-18-20-22-24-37-49(9)10/h11,13-14,16,38-40H,12,15,17-37H2,1-10H3/b13-11-,16-14-/t39-,40-,48-/m1/s1. The van der Waals surface area contributed by atoms with Crippen molar-refractivity contribution in [3.8, 4) is 11.5 Å². The molecule has 1 aliphatic heterocycles. The smallest absolute Gasteiger partial charge is 0.311 e. The van der Waals surface area contributed by atoms with Crippen LogP contribution in [0.4, 0.5) is 0 Å². The predicted molar refractivity (Wildman–Crippen MR) is 226 cm³/mol. The van der Waals surface area contributed by atoms with Crippen LogP contribution in [0, 0.1) is 38.5 Å². The van der Waals surface area contributed by atoms with E-state index in [0.717, 1.165) is 97.3 Å². The van der Waals surface area contributed by atoms with Gasteiger partial charge in [0.1, 0.15) is 17.1 Å². The van der Waals surface area contributed by atoms with E-state index < -0.39 is 0 Å². The molecule has 1 aliphatic rings. The third-order valence-electron chi connectivity index (χ3n) is 11.6. The summed E-state index contributed by atoms with van der Waals surface area (Å²) < 4.78 is 12.9. The Morgan fingerprint density at radius 1 is 0.731 bits per heavy atom. The highest BCUT2D eigenvalue weighted by Gasteiger charge is 2.34. The zero-order chi connectivity index (χ0) is 38.4. The zero-order valence-corrected chi connectivity index (χ0v) is 36.0. The molecule has 0 unspecified atom stereocenters. The molecule has 0 saturated carbocycles. The molecular formula is C48H83NO3. The van der Waals surface area contributed by atoms with E-state index in [-0.39, 0.29) is 11.6 Å². The minimum Gasteiger partial charge on any atom is -0.487 e. The summed E-state index contributed by atoms with van der Waals surface area (Å²) in [5.41, 5.74) is 4.37. The third-order valence-corrected chi connectivity index (χ3v) is 11.6. The molecule has 0 spiro atoms. The lowest BCUT2D eigenvalue weighted by Gasteiger charge is -2.38. The van der Waals surface area contributed by atoms with Crippen molar-refractivity contribution in [2.45, 2.75) is 202 Å². The van der Waals surface area contributed by atoms with Gasteiger partial charge < -0.3 is 14.4 Å². The fraction of sp³-hybridized carbons (Fsp3) is 0.771. The highest BCUT2D eigenvalue weighted by molar-refractivity contribution is 5.74. The average molecular weight is 722 g/mol. The second-order valence-electron chi connectivity index (χ2n) is 17.7. The fourth-order valence-corrected chi connectivity index (χ4v) is 7.84. The molecule has 0 aliphatic carbocycles. The number of carbonyl (C=O) groups excluding carboxylic acids is 1. The molecule has 1 aromatic carbocycles. The number of hydrogen-bond acceptors (Lipinski definition) is 4. The molecule has 298 valence electrons. The number of ether oxygens (including phenoxy) is 2. The largest absolute Gasteiger partial charge is 0.487 e. The van der Waals surface area contributed by atoms with E-state index in [9.17, 15) is 4.79 Å². The van der Waals surface area contributed by atoms with Gasteiger partial charge in [-0.1, -0.05) is 116 Å². The van der Waals surface area contributed by atoms with Crippen LogP contribution in [0.3, 0.4) is 0 Å². The molecule has 0 radical (unpaired) electrons. The van der Waals surface area contributed by atoms with Crippen molar-refractivity contribution < 1.29 is 14.3 Å². The maximum atomic E-state index is 12.9. The second-order valence-corrected chi connectivity index (χ2v) is 17.7. The van der Waals surface area contributed by atoms with Crippen molar-refractivity contribution in [3.63, 3.8) is 0 Å². The first-order chi connectivity index (χ1) is 24.8. The van der Waals surface area contributed by atoms with Gasteiger partial charge in [0.15, 0.2) is 0 Å². The SMILES string of the molecule is Cc1c(C)c2c(c(C)c1OC(=O)CCCCCC/C=C\C/C=C\CCCCCN(C)C)CC[C@@](C)(CCC[C@H](C)CCC[C@H](C)CCCC(C)C)O2. The van der Waals surface area contributed by atoms with Gasteiger partial charge in [-0.3, -0.25) is 4.79 Å². The van der Waals surface area contributed by atoms with Gasteiger partial charge in [-0.05, 0) is 153 Å². The molecule has 0 bridgehead atoms. The summed E-state index contributed by atoms with van der Waals surface area (Å²) in [7, 11) is 4.29. The minimum absolute atomic E-state index is 0.105. The first-order valence-corrected chi connectivity index (χ1v) is 21.8. The summed E-state index contributed by atoms with van der Waals surface area (Å²) in [6.07, 6.45) is 35.1. The van der Waals surface area contributed by atoms with Crippen LogP contribution >= 0.6 is 0 Å². The van der Waals surface area contributed by atoms with Crippen molar-refractivity contribution >= 4 is 5.97 Å². The molecule has 0 fully saturated rings. The third kappa shape index (κ3) is 18.8. The van der Waals surface area contributed by atoms with Gasteiger partial charge >= 0.3 is 5.97 Å². The van der Waals surface area contributed by atoms with Crippen LogP contribution in [0.15, 0.2) is 24.3 Å². The Labute approximate surface area is 323 Å². The molecule has 4 heteroatoms. The lowest BCUT2D eigenvalue weighted by atomic mass is 9.83.